The third kappa shape index (κ3) is 5.82. The third-order valence-corrected chi connectivity index (χ3v) is 7.91. The number of fused-ring (bicyclic) bond motifs is 1. The van der Waals surface area contributed by atoms with E-state index in [1.54, 1.807) is 35.0 Å². The first-order valence-corrected chi connectivity index (χ1v) is 14.6. The van der Waals surface area contributed by atoms with Crippen molar-refractivity contribution < 1.29 is 9.18 Å². The third-order valence-electron chi connectivity index (χ3n) is 7.48. The molecule has 7 nitrogen and oxygen atoms in total. The normalized spacial score (nSPS) is 13.9. The molecular weight excluding hydrogens is 574 g/mol. The van der Waals surface area contributed by atoms with Crippen molar-refractivity contribution in [1.82, 2.24) is 24.6 Å². The second-order valence-corrected chi connectivity index (χ2v) is 11.5. The van der Waals surface area contributed by atoms with Crippen molar-refractivity contribution in [2.75, 3.05) is 31.1 Å². The largest absolute Gasteiger partial charge is 0.354 e. The van der Waals surface area contributed by atoms with Crippen LogP contribution in [0.5, 0.6) is 0 Å². The van der Waals surface area contributed by atoms with Gasteiger partial charge < -0.3 is 9.80 Å². The number of anilines is 1. The van der Waals surface area contributed by atoms with E-state index < -0.39 is 0 Å². The molecule has 2 aromatic heterocycles. The summed E-state index contributed by atoms with van der Waals surface area (Å²) in [6.45, 7) is 6.38. The van der Waals surface area contributed by atoms with Gasteiger partial charge in [-0.1, -0.05) is 53.0 Å². The van der Waals surface area contributed by atoms with Crippen LogP contribution in [0.2, 0.25) is 10.0 Å². The molecule has 0 atom stereocenters. The fourth-order valence-corrected chi connectivity index (χ4v) is 5.88. The predicted octanol–water partition coefficient (Wildman–Crippen LogP) is 6.82. The molecule has 1 aliphatic rings. The van der Waals surface area contributed by atoms with E-state index in [4.69, 9.17) is 38.3 Å². The molecular formula is C32H29Cl2FN6O. The van der Waals surface area contributed by atoms with Crippen molar-refractivity contribution in [2.45, 2.75) is 26.7 Å². The zero-order valence-electron chi connectivity index (χ0n) is 23.3. The molecule has 3 aromatic carbocycles. The standard InChI is InChI=1S/C32H29Cl2FN6O/c1-20-4-6-22(7-5-20)16-28-36-30(29-21(2)38-41(31(29)37-28)27-10-8-26(35)9-11-27)39-12-3-13-40(15-14-39)32(42)23-17-24(33)19-25(34)18-23/h4-11,17-19H,3,12-16H2,1-2H3. The molecule has 0 radical (unpaired) electrons. The first kappa shape index (κ1) is 28.1. The Morgan fingerprint density at radius 1 is 0.881 bits per heavy atom. The quantitative estimate of drug-likeness (QED) is 0.221. The molecule has 0 spiro atoms. The average molecular weight is 604 g/mol. The lowest BCUT2D eigenvalue weighted by atomic mass is 10.1. The second kappa shape index (κ2) is 11.7. The first-order chi connectivity index (χ1) is 20.2. The second-order valence-electron chi connectivity index (χ2n) is 10.6. The van der Waals surface area contributed by atoms with Gasteiger partial charge in [-0.05, 0) is 68.3 Å². The van der Waals surface area contributed by atoms with Gasteiger partial charge >= 0.3 is 0 Å². The minimum absolute atomic E-state index is 0.102. The van der Waals surface area contributed by atoms with Crippen LogP contribution in [0, 0.1) is 19.7 Å². The number of aromatic nitrogens is 4. The van der Waals surface area contributed by atoms with Gasteiger partial charge in [-0.3, -0.25) is 4.79 Å². The molecule has 1 amide bonds. The summed E-state index contributed by atoms with van der Waals surface area (Å²) in [5.41, 5.74) is 4.91. The van der Waals surface area contributed by atoms with Gasteiger partial charge in [0.1, 0.15) is 17.5 Å². The summed E-state index contributed by atoms with van der Waals surface area (Å²) in [7, 11) is 0. The Bertz CT molecular complexity index is 1750. The molecule has 10 heteroatoms. The van der Waals surface area contributed by atoms with Crippen molar-refractivity contribution in [1.29, 1.82) is 0 Å². The van der Waals surface area contributed by atoms with E-state index in [1.165, 1.54) is 17.7 Å². The zero-order chi connectivity index (χ0) is 29.4. The number of hydrogen-bond donors (Lipinski definition) is 0. The maximum absolute atomic E-state index is 13.7. The van der Waals surface area contributed by atoms with E-state index in [-0.39, 0.29) is 11.7 Å². The molecule has 0 aliphatic carbocycles. The minimum Gasteiger partial charge on any atom is -0.354 e. The van der Waals surface area contributed by atoms with Gasteiger partial charge in [-0.2, -0.15) is 5.10 Å². The number of hydrogen-bond acceptors (Lipinski definition) is 5. The summed E-state index contributed by atoms with van der Waals surface area (Å²) < 4.78 is 15.5. The highest BCUT2D eigenvalue weighted by Gasteiger charge is 2.26. The Kier molecular flexibility index (Phi) is 7.84. The number of amides is 1. The molecule has 3 heterocycles. The van der Waals surface area contributed by atoms with Crippen LogP contribution in [0.1, 0.15) is 39.4 Å². The van der Waals surface area contributed by atoms with Gasteiger partial charge in [-0.15, -0.1) is 0 Å². The molecule has 42 heavy (non-hydrogen) atoms. The SMILES string of the molecule is Cc1ccc(Cc2nc(N3CCCN(C(=O)c4cc(Cl)cc(Cl)c4)CC3)c3c(C)nn(-c4ccc(F)cc4)c3n2)cc1. The fraction of sp³-hybridized carbons (Fsp3) is 0.250. The molecule has 5 aromatic rings. The van der Waals surface area contributed by atoms with Gasteiger partial charge in [-0.25, -0.2) is 19.0 Å². The number of aryl methyl sites for hydroxylation is 2. The number of carbonyl (C=O) groups is 1. The van der Waals surface area contributed by atoms with E-state index >= 15 is 0 Å². The van der Waals surface area contributed by atoms with Gasteiger partial charge in [0.05, 0.1) is 16.8 Å². The van der Waals surface area contributed by atoms with Gasteiger partial charge in [0, 0.05) is 48.2 Å². The summed E-state index contributed by atoms with van der Waals surface area (Å²) in [6, 6.07) is 19.5. The maximum atomic E-state index is 13.7. The summed E-state index contributed by atoms with van der Waals surface area (Å²) in [5.74, 6) is 1.03. The van der Waals surface area contributed by atoms with Crippen LogP contribution in [-0.2, 0) is 6.42 Å². The van der Waals surface area contributed by atoms with Crippen molar-refractivity contribution in [2.24, 2.45) is 0 Å². The van der Waals surface area contributed by atoms with Crippen molar-refractivity contribution in [3.05, 3.63) is 111 Å². The van der Waals surface area contributed by atoms with Crippen molar-refractivity contribution in [3.8, 4) is 5.69 Å². The lowest BCUT2D eigenvalue weighted by Gasteiger charge is -2.24. The van der Waals surface area contributed by atoms with E-state index in [9.17, 15) is 9.18 Å². The van der Waals surface area contributed by atoms with Crippen LogP contribution in [0.15, 0.2) is 66.7 Å². The number of halogens is 3. The van der Waals surface area contributed by atoms with Crippen LogP contribution < -0.4 is 4.90 Å². The van der Waals surface area contributed by atoms with Gasteiger partial charge in [0.15, 0.2) is 5.65 Å². The van der Waals surface area contributed by atoms with E-state index in [2.05, 4.69) is 36.1 Å². The van der Waals surface area contributed by atoms with E-state index in [0.717, 1.165) is 28.9 Å². The molecule has 0 bridgehead atoms. The lowest BCUT2D eigenvalue weighted by molar-refractivity contribution is 0.0767. The molecule has 214 valence electrons. The topological polar surface area (TPSA) is 67.2 Å². The highest BCUT2D eigenvalue weighted by atomic mass is 35.5. The minimum atomic E-state index is -0.314. The number of rotatable bonds is 5. The number of carbonyl (C=O) groups excluding carboxylic acids is 1. The summed E-state index contributed by atoms with van der Waals surface area (Å²) in [5, 5.41) is 6.51. The van der Waals surface area contributed by atoms with Crippen LogP contribution >= 0.6 is 23.2 Å². The highest BCUT2D eigenvalue weighted by molar-refractivity contribution is 6.35. The van der Waals surface area contributed by atoms with Crippen molar-refractivity contribution in [3.63, 3.8) is 0 Å². The molecule has 0 saturated carbocycles. The molecule has 6 rings (SSSR count). The van der Waals surface area contributed by atoms with Crippen LogP contribution in [-0.4, -0.2) is 56.7 Å². The average Bonchev–Trinajstić information content (AvgIpc) is 3.13. The first-order valence-electron chi connectivity index (χ1n) is 13.8. The lowest BCUT2D eigenvalue weighted by Crippen LogP contribution is -2.35. The van der Waals surface area contributed by atoms with Crippen molar-refractivity contribution >= 4 is 46.0 Å². The zero-order valence-corrected chi connectivity index (χ0v) is 24.8. The Balaban J connectivity index is 1.37. The Morgan fingerprint density at radius 3 is 2.31 bits per heavy atom. The summed E-state index contributed by atoms with van der Waals surface area (Å²) in [4.78, 5) is 27.5. The Morgan fingerprint density at radius 2 is 1.60 bits per heavy atom. The highest BCUT2D eigenvalue weighted by Crippen LogP contribution is 2.31. The van der Waals surface area contributed by atoms with Crippen LogP contribution in [0.3, 0.4) is 0 Å². The van der Waals surface area contributed by atoms with E-state index in [0.29, 0.717) is 65.4 Å². The Hall–Kier alpha value is -4.01. The molecule has 1 aliphatic heterocycles. The smallest absolute Gasteiger partial charge is 0.254 e. The predicted molar refractivity (Wildman–Crippen MR) is 165 cm³/mol. The summed E-state index contributed by atoms with van der Waals surface area (Å²) >= 11 is 12.3. The monoisotopic (exact) mass is 602 g/mol. The van der Waals surface area contributed by atoms with Gasteiger partial charge in [0.25, 0.3) is 5.91 Å². The molecule has 1 fully saturated rings. The maximum Gasteiger partial charge on any atom is 0.254 e. The fourth-order valence-electron chi connectivity index (χ4n) is 5.36. The molecule has 0 unspecified atom stereocenters. The molecule has 1 saturated heterocycles. The van der Waals surface area contributed by atoms with E-state index in [1.807, 2.05) is 11.8 Å². The molecule has 0 N–H and O–H groups in total. The van der Waals surface area contributed by atoms with Gasteiger partial charge in [0.2, 0.25) is 0 Å². The van der Waals surface area contributed by atoms with Crippen LogP contribution in [0.25, 0.3) is 16.7 Å². The Labute approximate surface area is 253 Å². The number of benzene rings is 3. The van der Waals surface area contributed by atoms with Crippen LogP contribution in [0.4, 0.5) is 10.2 Å². The summed E-state index contributed by atoms with van der Waals surface area (Å²) in [6.07, 6.45) is 1.30. The number of nitrogens with zero attached hydrogens (tertiary/aromatic N) is 6.